The Bertz CT molecular complexity index is 502. The van der Waals surface area contributed by atoms with Crippen molar-refractivity contribution in [3.63, 3.8) is 0 Å². The van der Waals surface area contributed by atoms with Crippen LogP contribution in [-0.2, 0) is 4.79 Å². The van der Waals surface area contributed by atoms with Gasteiger partial charge in [-0.05, 0) is 12.1 Å². The fraction of sp³-hybridized carbons (Fsp3) is 0.111. The topological polar surface area (TPSA) is 153 Å². The highest BCUT2D eigenvalue weighted by Crippen LogP contribution is 2.22. The number of hydrogen-bond acceptors (Lipinski definition) is 6. The van der Waals surface area contributed by atoms with Gasteiger partial charge in [0.25, 0.3) is 11.6 Å². The van der Waals surface area contributed by atoms with E-state index in [-0.39, 0.29) is 5.56 Å². The molecule has 1 aromatic rings. The van der Waals surface area contributed by atoms with Gasteiger partial charge in [-0.2, -0.15) is 0 Å². The average Bonchev–Trinajstić information content (AvgIpc) is 2.34. The van der Waals surface area contributed by atoms with Gasteiger partial charge in [-0.15, -0.1) is 0 Å². The molecule has 0 unspecified atom stereocenters. The highest BCUT2D eigenvalue weighted by atomic mass is 16.6. The van der Waals surface area contributed by atoms with E-state index in [2.05, 4.69) is 10.7 Å². The fourth-order valence-corrected chi connectivity index (χ4v) is 1.23. The number of benzene rings is 1. The number of nitrogens with two attached hydrogens (primary N) is 2. The minimum atomic E-state index is -0.780. The van der Waals surface area contributed by atoms with E-state index in [1.807, 2.05) is 0 Å². The summed E-state index contributed by atoms with van der Waals surface area (Å²) in [4.78, 5) is 32.2. The van der Waals surface area contributed by atoms with Gasteiger partial charge in [-0.1, -0.05) is 0 Å². The number of nitrogens with zero attached hydrogens (tertiary/aromatic N) is 1. The van der Waals surface area contributed by atoms with Crippen molar-refractivity contribution < 1.29 is 14.5 Å². The largest absolute Gasteiger partial charge is 0.368 e. The van der Waals surface area contributed by atoms with Crippen molar-refractivity contribution in [3.8, 4) is 0 Å². The molecule has 2 amide bonds. The van der Waals surface area contributed by atoms with Crippen molar-refractivity contribution in [3.05, 3.63) is 33.9 Å². The van der Waals surface area contributed by atoms with Gasteiger partial charge in [-0.25, -0.2) is 0 Å². The molecule has 1 aromatic carbocycles. The minimum Gasteiger partial charge on any atom is -0.368 e. The molecule has 0 aliphatic carbocycles. The summed E-state index contributed by atoms with van der Waals surface area (Å²) >= 11 is 0. The number of hydrogen-bond donors (Lipinski definition) is 4. The first-order valence-corrected chi connectivity index (χ1v) is 4.77. The standard InChI is InChI=1S/C9H11N5O4/c10-8(15)4-12-9(16)6-3-5(13-11)1-2-7(6)14(17)18/h1-3,13H,4,11H2,(H2,10,15)(H,12,16). The summed E-state index contributed by atoms with van der Waals surface area (Å²) in [6, 6.07) is 3.69. The molecule has 96 valence electrons. The lowest BCUT2D eigenvalue weighted by atomic mass is 10.1. The highest BCUT2D eigenvalue weighted by molar-refractivity contribution is 6.00. The van der Waals surface area contributed by atoms with E-state index < -0.39 is 29.0 Å². The Morgan fingerprint density at radius 2 is 2.06 bits per heavy atom. The molecule has 9 nitrogen and oxygen atoms in total. The van der Waals surface area contributed by atoms with E-state index in [0.717, 1.165) is 6.07 Å². The molecule has 0 radical (unpaired) electrons. The first-order chi connectivity index (χ1) is 8.45. The van der Waals surface area contributed by atoms with E-state index in [9.17, 15) is 19.7 Å². The Hall–Kier alpha value is -2.68. The number of hydrazine groups is 1. The molecular formula is C9H11N5O4. The smallest absolute Gasteiger partial charge is 0.282 e. The normalized spacial score (nSPS) is 9.61. The maximum absolute atomic E-state index is 11.7. The second-order valence-corrected chi connectivity index (χ2v) is 3.28. The van der Waals surface area contributed by atoms with Gasteiger partial charge in [0.1, 0.15) is 5.56 Å². The third-order valence-electron chi connectivity index (χ3n) is 2.03. The Kier molecular flexibility index (Phi) is 4.16. The predicted octanol–water partition coefficient (Wildman–Crippen LogP) is -0.905. The van der Waals surface area contributed by atoms with Crippen molar-refractivity contribution in [2.45, 2.75) is 0 Å². The Morgan fingerprint density at radius 1 is 1.39 bits per heavy atom. The summed E-state index contributed by atoms with van der Waals surface area (Å²) in [5.74, 6) is 3.61. The van der Waals surface area contributed by atoms with Crippen LogP contribution in [0.2, 0.25) is 0 Å². The van der Waals surface area contributed by atoms with Crippen LogP contribution in [-0.4, -0.2) is 23.3 Å². The van der Waals surface area contributed by atoms with Crippen LogP contribution in [0.5, 0.6) is 0 Å². The number of nitrogens with one attached hydrogen (secondary N) is 2. The van der Waals surface area contributed by atoms with Gasteiger partial charge in [0.05, 0.1) is 11.5 Å². The van der Waals surface area contributed by atoms with E-state index in [0.29, 0.717) is 5.69 Å². The zero-order chi connectivity index (χ0) is 13.7. The molecule has 0 saturated carbocycles. The first-order valence-electron chi connectivity index (χ1n) is 4.77. The molecule has 6 N–H and O–H groups in total. The first kappa shape index (κ1) is 13.4. The second kappa shape index (κ2) is 5.59. The molecule has 1 rings (SSSR count). The van der Waals surface area contributed by atoms with Crippen LogP contribution >= 0.6 is 0 Å². The molecule has 0 heterocycles. The third-order valence-corrected chi connectivity index (χ3v) is 2.03. The number of nitro benzene ring substituents is 1. The Balaban J connectivity index is 3.06. The van der Waals surface area contributed by atoms with Crippen LogP contribution < -0.4 is 22.3 Å². The summed E-state index contributed by atoms with van der Waals surface area (Å²) in [5, 5.41) is 12.9. The van der Waals surface area contributed by atoms with Crippen molar-refractivity contribution in [1.29, 1.82) is 0 Å². The fourth-order valence-electron chi connectivity index (χ4n) is 1.23. The molecule has 0 aromatic heterocycles. The lowest BCUT2D eigenvalue weighted by Gasteiger charge is -2.06. The molecule has 18 heavy (non-hydrogen) atoms. The lowest BCUT2D eigenvalue weighted by molar-refractivity contribution is -0.385. The molecule has 0 aliphatic rings. The number of nitrogen functional groups attached to an aromatic ring is 1. The van der Waals surface area contributed by atoms with Crippen molar-refractivity contribution >= 4 is 23.2 Å². The predicted molar refractivity (Wildman–Crippen MR) is 62.4 cm³/mol. The number of primary amides is 1. The van der Waals surface area contributed by atoms with Crippen molar-refractivity contribution in [1.82, 2.24) is 5.32 Å². The summed E-state index contributed by atoms with van der Waals surface area (Å²) in [6.45, 7) is -0.406. The number of nitro groups is 1. The Labute approximate surface area is 101 Å². The third kappa shape index (κ3) is 3.15. The zero-order valence-electron chi connectivity index (χ0n) is 9.17. The van der Waals surface area contributed by atoms with Crippen LogP contribution in [0, 0.1) is 10.1 Å². The van der Waals surface area contributed by atoms with E-state index in [1.54, 1.807) is 0 Å². The van der Waals surface area contributed by atoms with E-state index >= 15 is 0 Å². The number of amides is 2. The summed E-state index contributed by atoms with van der Waals surface area (Å²) < 4.78 is 0. The van der Waals surface area contributed by atoms with Gasteiger partial charge < -0.3 is 16.5 Å². The van der Waals surface area contributed by atoms with Gasteiger partial charge in [0.2, 0.25) is 5.91 Å². The van der Waals surface area contributed by atoms with Crippen LogP contribution in [0.15, 0.2) is 18.2 Å². The SMILES string of the molecule is NNc1ccc([N+](=O)[O-])c(C(=O)NCC(N)=O)c1. The van der Waals surface area contributed by atoms with Gasteiger partial charge in [0.15, 0.2) is 0 Å². The number of carbonyl (C=O) groups is 2. The molecule has 0 saturated heterocycles. The lowest BCUT2D eigenvalue weighted by Crippen LogP contribution is -2.33. The van der Waals surface area contributed by atoms with Crippen LogP contribution in [0.1, 0.15) is 10.4 Å². The van der Waals surface area contributed by atoms with Gasteiger partial charge in [0, 0.05) is 11.8 Å². The number of anilines is 1. The van der Waals surface area contributed by atoms with Gasteiger partial charge in [-0.3, -0.25) is 25.5 Å². The van der Waals surface area contributed by atoms with Crippen LogP contribution in [0.25, 0.3) is 0 Å². The van der Waals surface area contributed by atoms with E-state index in [1.165, 1.54) is 12.1 Å². The monoisotopic (exact) mass is 253 g/mol. The second-order valence-electron chi connectivity index (χ2n) is 3.28. The number of carbonyl (C=O) groups excluding carboxylic acids is 2. The highest BCUT2D eigenvalue weighted by Gasteiger charge is 2.20. The van der Waals surface area contributed by atoms with Gasteiger partial charge >= 0.3 is 0 Å². The van der Waals surface area contributed by atoms with Crippen LogP contribution in [0.3, 0.4) is 0 Å². The Morgan fingerprint density at radius 3 is 2.56 bits per heavy atom. The maximum atomic E-state index is 11.7. The summed E-state index contributed by atoms with van der Waals surface area (Å²) in [5.41, 5.74) is 6.83. The zero-order valence-corrected chi connectivity index (χ0v) is 9.17. The minimum absolute atomic E-state index is 0.211. The molecule has 0 atom stereocenters. The average molecular weight is 253 g/mol. The molecular weight excluding hydrogens is 242 g/mol. The van der Waals surface area contributed by atoms with E-state index in [4.69, 9.17) is 11.6 Å². The quantitative estimate of drug-likeness (QED) is 0.303. The molecule has 0 aliphatic heterocycles. The summed E-state index contributed by atoms with van der Waals surface area (Å²) in [6.07, 6.45) is 0. The molecule has 0 spiro atoms. The molecule has 0 fully saturated rings. The van der Waals surface area contributed by atoms with Crippen molar-refractivity contribution in [2.75, 3.05) is 12.0 Å². The van der Waals surface area contributed by atoms with Crippen LogP contribution in [0.4, 0.5) is 11.4 Å². The molecule has 0 bridgehead atoms. The number of rotatable bonds is 5. The van der Waals surface area contributed by atoms with Crippen molar-refractivity contribution in [2.24, 2.45) is 11.6 Å². The summed E-state index contributed by atoms with van der Waals surface area (Å²) in [7, 11) is 0. The molecule has 9 heteroatoms. The maximum Gasteiger partial charge on any atom is 0.282 e.